The molecule has 1 aliphatic heterocycles. The Morgan fingerprint density at radius 2 is 1.58 bits per heavy atom. The molecule has 1 amide bonds. The molecule has 284 valence electrons. The Bertz CT molecular complexity index is 1830. The number of aliphatic hydroxyl groups excluding tert-OH is 2. The number of carbonyl (C=O) groups is 5. The van der Waals surface area contributed by atoms with Crippen LogP contribution < -0.4 is 5.32 Å². The Morgan fingerprint density at radius 3 is 2.15 bits per heavy atom. The van der Waals surface area contributed by atoms with Crippen molar-refractivity contribution >= 4 is 29.6 Å². The monoisotopic (exact) mass is 733 g/mol. The van der Waals surface area contributed by atoms with Gasteiger partial charge in [0.15, 0.2) is 17.5 Å². The first kappa shape index (κ1) is 38.3. The number of esters is 3. The van der Waals surface area contributed by atoms with Gasteiger partial charge >= 0.3 is 17.9 Å². The van der Waals surface area contributed by atoms with Crippen molar-refractivity contribution < 1.29 is 58.2 Å². The first-order chi connectivity index (χ1) is 24.9. The number of hydrogen-bond acceptors (Lipinski definition) is 12. The molecular weight excluding hydrogens is 686 g/mol. The van der Waals surface area contributed by atoms with E-state index >= 15 is 0 Å². The van der Waals surface area contributed by atoms with Gasteiger partial charge in [-0.1, -0.05) is 69.3 Å². The average Bonchev–Trinajstić information content (AvgIpc) is 3.09. The molecule has 3 aliphatic carbocycles. The second-order valence-corrected chi connectivity index (χ2v) is 15.6. The van der Waals surface area contributed by atoms with Crippen molar-refractivity contribution in [3.05, 3.63) is 82.9 Å². The van der Waals surface area contributed by atoms with Crippen molar-refractivity contribution in [2.75, 3.05) is 6.61 Å². The summed E-state index contributed by atoms with van der Waals surface area (Å²) in [4.78, 5) is 67.4. The zero-order valence-corrected chi connectivity index (χ0v) is 30.7. The average molecular weight is 734 g/mol. The van der Waals surface area contributed by atoms with Crippen LogP contribution >= 0.6 is 0 Å². The van der Waals surface area contributed by atoms with E-state index in [1.54, 1.807) is 76.2 Å². The van der Waals surface area contributed by atoms with Crippen LogP contribution in [0.1, 0.15) is 82.8 Å². The number of amides is 1. The lowest BCUT2D eigenvalue weighted by Gasteiger charge is -2.67. The van der Waals surface area contributed by atoms with Gasteiger partial charge in [-0.15, -0.1) is 0 Å². The van der Waals surface area contributed by atoms with E-state index in [0.29, 0.717) is 11.1 Å². The van der Waals surface area contributed by atoms with Gasteiger partial charge in [0.05, 0.1) is 30.2 Å². The topological polar surface area (TPSA) is 195 Å². The zero-order valence-electron chi connectivity index (χ0n) is 30.7. The number of nitrogens with one attached hydrogen (secondary N) is 1. The van der Waals surface area contributed by atoms with E-state index < -0.39 is 101 Å². The van der Waals surface area contributed by atoms with Gasteiger partial charge in [0, 0.05) is 49.5 Å². The van der Waals surface area contributed by atoms with Gasteiger partial charge in [-0.05, 0) is 30.2 Å². The Balaban J connectivity index is 1.49. The fourth-order valence-corrected chi connectivity index (χ4v) is 9.35. The van der Waals surface area contributed by atoms with Gasteiger partial charge in [0.25, 0.3) is 0 Å². The predicted molar refractivity (Wildman–Crippen MR) is 187 cm³/mol. The molecule has 3 fully saturated rings. The Kier molecular flexibility index (Phi) is 9.95. The van der Waals surface area contributed by atoms with Crippen molar-refractivity contribution in [1.29, 1.82) is 0 Å². The number of rotatable bonds is 8. The Hall–Kier alpha value is -4.43. The van der Waals surface area contributed by atoms with Crippen LogP contribution in [0.4, 0.5) is 0 Å². The van der Waals surface area contributed by atoms with Crippen LogP contribution in [0.3, 0.4) is 0 Å². The molecule has 4 aliphatic rings. The number of benzene rings is 2. The van der Waals surface area contributed by atoms with Crippen molar-refractivity contribution in [3.63, 3.8) is 0 Å². The van der Waals surface area contributed by atoms with E-state index in [0.717, 1.165) is 0 Å². The molecule has 1 heterocycles. The van der Waals surface area contributed by atoms with Gasteiger partial charge in [-0.25, -0.2) is 9.59 Å². The maximum Gasteiger partial charge on any atom is 0.338 e. The lowest BCUT2D eigenvalue weighted by atomic mass is 9.45. The fraction of sp³-hybridized carbons (Fsp3) is 0.525. The summed E-state index contributed by atoms with van der Waals surface area (Å²) in [5, 5.41) is 39.0. The highest BCUT2D eigenvalue weighted by atomic mass is 16.6. The molecular formula is C40H47NO12. The SMILES string of the molecule is CC(=O)NC(c1ccccc1)C(O)C(=O)OC1CC2(O)C(OC(=O)c3ccccc3)C3C4(OC(C)=O)COC4CC(O)[C@@]3(C)CC(=O)C(=C1C)C2(C)C. The zero-order chi connectivity index (χ0) is 38.7. The van der Waals surface area contributed by atoms with E-state index in [-0.39, 0.29) is 30.6 Å². The summed E-state index contributed by atoms with van der Waals surface area (Å²) in [6, 6.07) is 15.3. The minimum absolute atomic E-state index is 0.0156. The number of fused-ring (bicyclic) bond motifs is 5. The minimum atomic E-state index is -2.22. The van der Waals surface area contributed by atoms with Crippen molar-refractivity contribution in [1.82, 2.24) is 5.32 Å². The number of hydrogen-bond donors (Lipinski definition) is 4. The molecule has 0 spiro atoms. The minimum Gasteiger partial charge on any atom is -0.456 e. The van der Waals surface area contributed by atoms with E-state index in [1.165, 1.54) is 26.0 Å². The van der Waals surface area contributed by atoms with Gasteiger partial charge in [0.1, 0.15) is 23.9 Å². The first-order valence-corrected chi connectivity index (χ1v) is 17.8. The fourth-order valence-electron chi connectivity index (χ4n) is 9.35. The van der Waals surface area contributed by atoms with E-state index in [1.807, 2.05) is 0 Å². The summed E-state index contributed by atoms with van der Waals surface area (Å²) in [6.07, 6.45) is -7.55. The molecule has 2 aromatic rings. The molecule has 6 rings (SSSR count). The largest absolute Gasteiger partial charge is 0.456 e. The molecule has 0 aromatic heterocycles. The highest BCUT2D eigenvalue weighted by Crippen LogP contribution is 2.64. The lowest BCUT2D eigenvalue weighted by molar-refractivity contribution is -0.349. The third-order valence-corrected chi connectivity index (χ3v) is 12.1. The summed E-state index contributed by atoms with van der Waals surface area (Å²) in [5.41, 5.74) is -5.60. The number of aliphatic hydroxyl groups is 3. The van der Waals surface area contributed by atoms with Crippen LogP contribution in [-0.4, -0.2) is 93.2 Å². The number of Topliss-reactive ketones (excluding diaryl/α,β-unsaturated/α-hetero) is 1. The number of ketones is 1. The van der Waals surface area contributed by atoms with E-state index in [2.05, 4.69) is 5.32 Å². The molecule has 53 heavy (non-hydrogen) atoms. The molecule has 0 radical (unpaired) electrons. The highest BCUT2D eigenvalue weighted by Gasteiger charge is 2.76. The smallest absolute Gasteiger partial charge is 0.338 e. The summed E-state index contributed by atoms with van der Waals surface area (Å²) < 4.78 is 24.2. The molecule has 13 heteroatoms. The maximum atomic E-state index is 14.7. The molecule has 9 unspecified atom stereocenters. The van der Waals surface area contributed by atoms with Crippen LogP contribution in [0, 0.1) is 16.7 Å². The second-order valence-electron chi connectivity index (χ2n) is 15.6. The second kappa shape index (κ2) is 13.8. The summed E-state index contributed by atoms with van der Waals surface area (Å²) in [5.74, 6) is -4.77. The van der Waals surface area contributed by atoms with Crippen LogP contribution in [0.5, 0.6) is 0 Å². The summed E-state index contributed by atoms with van der Waals surface area (Å²) in [6.45, 7) is 8.85. The highest BCUT2D eigenvalue weighted by molar-refractivity contribution is 5.99. The van der Waals surface area contributed by atoms with Crippen molar-refractivity contribution in [3.8, 4) is 0 Å². The van der Waals surface area contributed by atoms with Gasteiger partial charge in [-0.3, -0.25) is 14.4 Å². The quantitative estimate of drug-likeness (QED) is 0.229. The Labute approximate surface area is 307 Å². The molecule has 2 saturated carbocycles. The molecule has 1 saturated heterocycles. The first-order valence-electron chi connectivity index (χ1n) is 17.8. The van der Waals surface area contributed by atoms with Gasteiger partial charge in [-0.2, -0.15) is 0 Å². The lowest BCUT2D eigenvalue weighted by Crippen LogP contribution is -2.80. The standard InChI is InChI=1S/C40H47NO12/c1-21-27(51-36(48)32(46)31(41-22(2)42)24-13-9-7-10-14-24)19-40(49)34(52-35(47)25-15-11-8-12-16-25)33-38(6,18-26(44)30(21)37(40,4)5)28(45)17-29-39(33,20-50-29)53-23(3)43/h7-16,27-29,31-34,45-46,49H,17-20H2,1-6H3,(H,41,42)/t27?,28?,29?,31?,32?,33?,34?,38-,39?,40?/m1/s1. The van der Waals surface area contributed by atoms with Crippen LogP contribution in [0.25, 0.3) is 0 Å². The van der Waals surface area contributed by atoms with E-state index in [4.69, 9.17) is 18.9 Å². The van der Waals surface area contributed by atoms with Crippen molar-refractivity contribution in [2.45, 2.75) is 109 Å². The molecule has 4 N–H and O–H groups in total. The predicted octanol–water partition coefficient (Wildman–Crippen LogP) is 2.90. The molecule has 10 atom stereocenters. The number of ether oxygens (including phenoxy) is 4. The van der Waals surface area contributed by atoms with Crippen LogP contribution in [-0.2, 0) is 38.1 Å². The molecule has 13 nitrogen and oxygen atoms in total. The van der Waals surface area contributed by atoms with Crippen molar-refractivity contribution in [2.24, 2.45) is 16.7 Å². The van der Waals surface area contributed by atoms with Gasteiger partial charge in [0.2, 0.25) is 5.91 Å². The van der Waals surface area contributed by atoms with E-state index in [9.17, 15) is 39.3 Å². The normalized spacial score (nSPS) is 34.1. The molecule has 2 aromatic carbocycles. The Morgan fingerprint density at radius 1 is 0.962 bits per heavy atom. The third kappa shape index (κ3) is 6.26. The van der Waals surface area contributed by atoms with Gasteiger partial charge < -0.3 is 39.6 Å². The van der Waals surface area contributed by atoms with Crippen LogP contribution in [0.15, 0.2) is 71.8 Å². The maximum absolute atomic E-state index is 14.7. The third-order valence-electron chi connectivity index (χ3n) is 12.1. The summed E-state index contributed by atoms with van der Waals surface area (Å²) in [7, 11) is 0. The number of carbonyl (C=O) groups excluding carboxylic acids is 5. The molecule has 2 bridgehead atoms. The van der Waals surface area contributed by atoms with Crippen LogP contribution in [0.2, 0.25) is 0 Å². The summed E-state index contributed by atoms with van der Waals surface area (Å²) >= 11 is 0.